The number of fused-ring (bicyclic) bond motifs is 3. The van der Waals surface area contributed by atoms with Crippen molar-refractivity contribution >= 4 is 28.5 Å². The van der Waals surface area contributed by atoms with Gasteiger partial charge in [-0.05, 0) is 48.9 Å². The van der Waals surface area contributed by atoms with Crippen LogP contribution in [-0.2, 0) is 12.0 Å². The maximum Gasteiger partial charge on any atom is 0.277 e. The van der Waals surface area contributed by atoms with Gasteiger partial charge in [-0.15, -0.1) is 0 Å². The number of nitrogens with two attached hydrogens (primary N) is 1. The molecule has 27 heavy (non-hydrogen) atoms. The van der Waals surface area contributed by atoms with Crippen LogP contribution < -0.4 is 11.1 Å². The summed E-state index contributed by atoms with van der Waals surface area (Å²) in [6.45, 7) is 2.06. The SMILES string of the molecule is CC12N=C(N)SCC1CCc1ccc(NC(=O)c3ncc(F)cc3F)cc12. The fraction of sp³-hybridized carbons (Fsp3) is 0.316. The Balaban J connectivity index is 1.67. The largest absolute Gasteiger partial charge is 0.379 e. The zero-order valence-corrected chi connectivity index (χ0v) is 15.4. The number of aromatic nitrogens is 1. The van der Waals surface area contributed by atoms with Gasteiger partial charge in [-0.2, -0.15) is 0 Å². The van der Waals surface area contributed by atoms with Crippen molar-refractivity contribution in [1.82, 2.24) is 4.98 Å². The Kier molecular flexibility index (Phi) is 4.38. The van der Waals surface area contributed by atoms with Gasteiger partial charge in [0.05, 0.1) is 11.7 Å². The van der Waals surface area contributed by atoms with E-state index in [-0.39, 0.29) is 0 Å². The van der Waals surface area contributed by atoms with Gasteiger partial charge in [0.2, 0.25) is 0 Å². The fourth-order valence-electron chi connectivity index (χ4n) is 3.79. The molecule has 2 heterocycles. The lowest BCUT2D eigenvalue weighted by atomic mass is 9.71. The lowest BCUT2D eigenvalue weighted by Crippen LogP contribution is -2.41. The van der Waals surface area contributed by atoms with Crippen LogP contribution in [0.3, 0.4) is 0 Å². The Bertz CT molecular complexity index is 965. The molecule has 8 heteroatoms. The molecule has 0 fully saturated rings. The van der Waals surface area contributed by atoms with Gasteiger partial charge in [0, 0.05) is 17.5 Å². The molecule has 0 radical (unpaired) electrons. The van der Waals surface area contributed by atoms with E-state index in [4.69, 9.17) is 10.7 Å². The van der Waals surface area contributed by atoms with Gasteiger partial charge in [0.15, 0.2) is 16.7 Å². The molecule has 1 aromatic heterocycles. The van der Waals surface area contributed by atoms with E-state index in [0.717, 1.165) is 30.4 Å². The van der Waals surface area contributed by atoms with Gasteiger partial charge >= 0.3 is 0 Å². The molecule has 0 bridgehead atoms. The summed E-state index contributed by atoms with van der Waals surface area (Å²) in [6, 6.07) is 6.23. The smallest absolute Gasteiger partial charge is 0.277 e. The number of pyridine rings is 1. The van der Waals surface area contributed by atoms with Crippen molar-refractivity contribution in [2.45, 2.75) is 25.3 Å². The molecule has 0 saturated heterocycles. The summed E-state index contributed by atoms with van der Waals surface area (Å²) in [5.41, 5.74) is 7.78. The first kappa shape index (κ1) is 17.9. The highest BCUT2D eigenvalue weighted by Crippen LogP contribution is 2.47. The lowest BCUT2D eigenvalue weighted by molar-refractivity contribution is 0.101. The number of aliphatic imine (C=N–C) groups is 1. The number of thioether (sulfide) groups is 1. The molecule has 140 valence electrons. The standard InChI is InChI=1S/C19H18F2N4OS/c1-19-11(9-27-18(22)25-19)4-2-10-3-5-13(7-14(10)19)24-17(26)16-15(21)6-12(20)8-23-16/h3,5-8,11H,2,4,9H2,1H3,(H2,22,25)(H,24,26). The Hall–Kier alpha value is -2.48. The van der Waals surface area contributed by atoms with E-state index in [9.17, 15) is 13.6 Å². The van der Waals surface area contributed by atoms with Crippen molar-refractivity contribution in [2.24, 2.45) is 16.6 Å². The van der Waals surface area contributed by atoms with E-state index < -0.39 is 28.8 Å². The van der Waals surface area contributed by atoms with Crippen molar-refractivity contribution in [3.05, 3.63) is 58.9 Å². The van der Waals surface area contributed by atoms with Crippen LogP contribution in [-0.4, -0.2) is 21.8 Å². The first-order valence-electron chi connectivity index (χ1n) is 8.61. The Morgan fingerprint density at radius 2 is 2.19 bits per heavy atom. The number of rotatable bonds is 2. The van der Waals surface area contributed by atoms with Crippen LogP contribution in [0.2, 0.25) is 0 Å². The first-order chi connectivity index (χ1) is 12.9. The van der Waals surface area contributed by atoms with Crippen LogP contribution in [0.4, 0.5) is 14.5 Å². The summed E-state index contributed by atoms with van der Waals surface area (Å²) in [5, 5.41) is 3.21. The normalized spacial score (nSPS) is 23.8. The molecule has 4 rings (SSSR count). The average molecular weight is 388 g/mol. The van der Waals surface area contributed by atoms with Crippen molar-refractivity contribution in [2.75, 3.05) is 11.1 Å². The molecule has 1 aromatic carbocycles. The molecule has 0 saturated carbocycles. The molecule has 1 aliphatic carbocycles. The van der Waals surface area contributed by atoms with E-state index in [1.807, 2.05) is 12.1 Å². The Morgan fingerprint density at radius 1 is 1.37 bits per heavy atom. The lowest BCUT2D eigenvalue weighted by Gasteiger charge is -2.42. The van der Waals surface area contributed by atoms with E-state index in [1.165, 1.54) is 5.56 Å². The van der Waals surface area contributed by atoms with Crippen LogP contribution in [0.1, 0.15) is 35.0 Å². The van der Waals surface area contributed by atoms with Crippen LogP contribution in [0.15, 0.2) is 35.5 Å². The Morgan fingerprint density at radius 3 is 2.96 bits per heavy atom. The third-order valence-electron chi connectivity index (χ3n) is 5.27. The number of hydrogen-bond donors (Lipinski definition) is 2. The van der Waals surface area contributed by atoms with E-state index in [0.29, 0.717) is 22.8 Å². The molecular formula is C19H18F2N4OS. The number of nitrogens with one attached hydrogen (secondary N) is 1. The van der Waals surface area contributed by atoms with Gasteiger partial charge in [0.1, 0.15) is 5.82 Å². The van der Waals surface area contributed by atoms with Crippen molar-refractivity contribution in [3.8, 4) is 0 Å². The zero-order valence-electron chi connectivity index (χ0n) is 14.6. The zero-order chi connectivity index (χ0) is 19.2. The third-order valence-corrected chi connectivity index (χ3v) is 6.22. The van der Waals surface area contributed by atoms with Crippen molar-refractivity contribution in [3.63, 3.8) is 0 Å². The number of hydrogen-bond acceptors (Lipinski definition) is 5. The second kappa shape index (κ2) is 6.60. The van der Waals surface area contributed by atoms with Crippen LogP contribution in [0.5, 0.6) is 0 Å². The number of aryl methyl sites for hydroxylation is 1. The third kappa shape index (κ3) is 3.18. The molecule has 5 nitrogen and oxygen atoms in total. The molecule has 1 aliphatic heterocycles. The fourth-order valence-corrected chi connectivity index (χ4v) is 4.91. The minimum absolute atomic E-state index is 0.365. The van der Waals surface area contributed by atoms with Crippen LogP contribution in [0.25, 0.3) is 0 Å². The molecular weight excluding hydrogens is 370 g/mol. The number of carbonyl (C=O) groups excluding carboxylic acids is 1. The number of halogens is 2. The highest BCUT2D eigenvalue weighted by molar-refractivity contribution is 8.13. The number of amidine groups is 1. The summed E-state index contributed by atoms with van der Waals surface area (Å²) < 4.78 is 26.8. The molecule has 3 N–H and O–H groups in total. The average Bonchev–Trinajstić information content (AvgIpc) is 2.61. The molecule has 1 amide bonds. The second-order valence-electron chi connectivity index (χ2n) is 6.95. The summed E-state index contributed by atoms with van der Waals surface area (Å²) in [7, 11) is 0. The quantitative estimate of drug-likeness (QED) is 0.826. The van der Waals surface area contributed by atoms with E-state index in [2.05, 4.69) is 17.2 Å². The molecule has 2 aliphatic rings. The van der Waals surface area contributed by atoms with Crippen LogP contribution >= 0.6 is 11.8 Å². The maximum absolute atomic E-state index is 13.8. The summed E-state index contributed by atoms with van der Waals surface area (Å²) in [6.07, 6.45) is 2.78. The predicted molar refractivity (Wildman–Crippen MR) is 102 cm³/mol. The summed E-state index contributed by atoms with van der Waals surface area (Å²) in [4.78, 5) is 20.6. The number of benzene rings is 1. The topological polar surface area (TPSA) is 80.4 Å². The van der Waals surface area contributed by atoms with Crippen molar-refractivity contribution in [1.29, 1.82) is 0 Å². The number of carbonyl (C=O) groups is 1. The van der Waals surface area contributed by atoms with Gasteiger partial charge in [-0.25, -0.2) is 13.8 Å². The molecule has 2 unspecified atom stereocenters. The van der Waals surface area contributed by atoms with Gasteiger partial charge < -0.3 is 11.1 Å². The highest BCUT2D eigenvalue weighted by Gasteiger charge is 2.43. The predicted octanol–water partition coefficient (Wildman–Crippen LogP) is 3.45. The minimum Gasteiger partial charge on any atom is -0.379 e. The Labute approximate surface area is 159 Å². The van der Waals surface area contributed by atoms with Crippen molar-refractivity contribution < 1.29 is 13.6 Å². The molecule has 2 atom stereocenters. The summed E-state index contributed by atoms with van der Waals surface area (Å²) >= 11 is 1.57. The number of nitrogens with zero attached hydrogens (tertiary/aromatic N) is 2. The van der Waals surface area contributed by atoms with Gasteiger partial charge in [0.25, 0.3) is 5.91 Å². The molecule has 0 spiro atoms. The number of amides is 1. The minimum atomic E-state index is -1.00. The monoisotopic (exact) mass is 388 g/mol. The van der Waals surface area contributed by atoms with Crippen LogP contribution in [0, 0.1) is 17.6 Å². The summed E-state index contributed by atoms with van der Waals surface area (Å²) in [5.74, 6) is -1.29. The van der Waals surface area contributed by atoms with Gasteiger partial charge in [-0.1, -0.05) is 17.8 Å². The van der Waals surface area contributed by atoms with Gasteiger partial charge in [-0.3, -0.25) is 9.79 Å². The highest BCUT2D eigenvalue weighted by atomic mass is 32.2. The molecule has 2 aromatic rings. The first-order valence-corrected chi connectivity index (χ1v) is 9.59. The maximum atomic E-state index is 13.8. The second-order valence-corrected chi connectivity index (χ2v) is 7.99. The number of anilines is 1. The van der Waals surface area contributed by atoms with E-state index in [1.54, 1.807) is 17.8 Å². The van der Waals surface area contributed by atoms with E-state index >= 15 is 0 Å².